The van der Waals surface area contributed by atoms with Gasteiger partial charge in [-0.05, 0) is 22.6 Å². The van der Waals surface area contributed by atoms with E-state index in [1.54, 1.807) is 12.4 Å². The molecule has 1 heterocycles. The van der Waals surface area contributed by atoms with Gasteiger partial charge in [0.2, 0.25) is 5.95 Å². The van der Waals surface area contributed by atoms with Crippen LogP contribution < -0.4 is 10.6 Å². The van der Waals surface area contributed by atoms with Crippen molar-refractivity contribution in [2.24, 2.45) is 5.73 Å². The lowest BCUT2D eigenvalue weighted by Gasteiger charge is -2.15. The molecule has 0 aliphatic carbocycles. The van der Waals surface area contributed by atoms with Gasteiger partial charge in [-0.1, -0.05) is 0 Å². The number of rotatable bonds is 4. The number of hydrogen-bond acceptors (Lipinski definition) is 4. The van der Waals surface area contributed by atoms with Crippen molar-refractivity contribution in [2.45, 2.75) is 6.42 Å². The third-order valence-electron chi connectivity index (χ3n) is 1.66. The summed E-state index contributed by atoms with van der Waals surface area (Å²) in [5, 5.41) is 7.09. The van der Waals surface area contributed by atoms with Gasteiger partial charge in [0.25, 0.3) is 0 Å². The Balaban J connectivity index is 2.56. The number of amidine groups is 1. The molecule has 76 valence electrons. The van der Waals surface area contributed by atoms with Crippen molar-refractivity contribution < 1.29 is 0 Å². The summed E-state index contributed by atoms with van der Waals surface area (Å²) < 4.78 is 1.01. The summed E-state index contributed by atoms with van der Waals surface area (Å²) >= 11 is 2.15. The van der Waals surface area contributed by atoms with Gasteiger partial charge in [-0.2, -0.15) is 0 Å². The fraction of sp³-hybridized carbons (Fsp3) is 0.375. The third-order valence-corrected chi connectivity index (χ3v) is 2.22. The number of nitrogens with two attached hydrogens (primary N) is 1. The fourth-order valence-corrected chi connectivity index (χ4v) is 1.17. The van der Waals surface area contributed by atoms with Crippen molar-refractivity contribution in [2.75, 3.05) is 18.5 Å². The van der Waals surface area contributed by atoms with E-state index in [4.69, 9.17) is 11.1 Å². The highest BCUT2D eigenvalue weighted by Gasteiger charge is 2.03. The second-order valence-electron chi connectivity index (χ2n) is 2.90. The van der Waals surface area contributed by atoms with Crippen LogP contribution in [0, 0.1) is 8.98 Å². The minimum atomic E-state index is 0.183. The van der Waals surface area contributed by atoms with Crippen LogP contribution in [0.3, 0.4) is 0 Å². The van der Waals surface area contributed by atoms with E-state index in [9.17, 15) is 0 Å². The van der Waals surface area contributed by atoms with E-state index >= 15 is 0 Å². The molecule has 1 rings (SSSR count). The number of aromatic nitrogens is 2. The van der Waals surface area contributed by atoms with E-state index in [0.29, 0.717) is 18.9 Å². The van der Waals surface area contributed by atoms with E-state index in [1.807, 2.05) is 11.9 Å². The second kappa shape index (κ2) is 5.08. The van der Waals surface area contributed by atoms with E-state index in [2.05, 4.69) is 32.6 Å². The van der Waals surface area contributed by atoms with Crippen LogP contribution in [0.1, 0.15) is 6.42 Å². The average Bonchev–Trinajstić information content (AvgIpc) is 2.15. The Labute approximate surface area is 96.4 Å². The molecule has 0 aromatic carbocycles. The van der Waals surface area contributed by atoms with Crippen LogP contribution >= 0.6 is 22.6 Å². The molecule has 0 saturated carbocycles. The molecule has 0 unspecified atom stereocenters. The van der Waals surface area contributed by atoms with Crippen molar-refractivity contribution in [1.29, 1.82) is 5.41 Å². The van der Waals surface area contributed by atoms with E-state index in [0.717, 1.165) is 3.57 Å². The topological polar surface area (TPSA) is 78.9 Å². The SMILES string of the molecule is CN(CCC(=N)N)c1ncc(I)cn1. The van der Waals surface area contributed by atoms with Crippen LogP contribution in [-0.4, -0.2) is 29.4 Å². The van der Waals surface area contributed by atoms with Gasteiger partial charge in [-0.3, -0.25) is 5.41 Å². The van der Waals surface area contributed by atoms with Crippen molar-refractivity contribution in [1.82, 2.24) is 9.97 Å². The maximum Gasteiger partial charge on any atom is 0.225 e. The van der Waals surface area contributed by atoms with Gasteiger partial charge in [0.05, 0.1) is 5.84 Å². The maximum atomic E-state index is 7.09. The molecule has 1 aromatic rings. The molecule has 0 aliphatic rings. The second-order valence-corrected chi connectivity index (χ2v) is 4.14. The highest BCUT2D eigenvalue weighted by Crippen LogP contribution is 2.06. The lowest BCUT2D eigenvalue weighted by molar-refractivity contribution is 0.861. The van der Waals surface area contributed by atoms with Crippen LogP contribution in [-0.2, 0) is 0 Å². The third kappa shape index (κ3) is 3.44. The molecule has 0 aliphatic heterocycles. The Morgan fingerprint density at radius 3 is 2.64 bits per heavy atom. The van der Waals surface area contributed by atoms with Gasteiger partial charge in [-0.15, -0.1) is 0 Å². The van der Waals surface area contributed by atoms with Crippen LogP contribution in [0.2, 0.25) is 0 Å². The fourth-order valence-electron chi connectivity index (χ4n) is 0.891. The highest BCUT2D eigenvalue weighted by molar-refractivity contribution is 14.1. The first-order valence-corrected chi connectivity index (χ1v) is 5.19. The highest BCUT2D eigenvalue weighted by atomic mass is 127. The minimum absolute atomic E-state index is 0.183. The molecule has 6 heteroatoms. The smallest absolute Gasteiger partial charge is 0.225 e. The summed E-state index contributed by atoms with van der Waals surface area (Å²) in [5.74, 6) is 0.842. The summed E-state index contributed by atoms with van der Waals surface area (Å²) in [6, 6.07) is 0. The normalized spacial score (nSPS) is 9.86. The van der Waals surface area contributed by atoms with Crippen molar-refractivity contribution in [3.63, 3.8) is 0 Å². The lowest BCUT2D eigenvalue weighted by Crippen LogP contribution is -2.25. The molecule has 0 bridgehead atoms. The molecule has 0 spiro atoms. The lowest BCUT2D eigenvalue weighted by atomic mass is 10.4. The zero-order chi connectivity index (χ0) is 10.6. The Kier molecular flexibility index (Phi) is 4.05. The van der Waals surface area contributed by atoms with E-state index in [1.165, 1.54) is 0 Å². The molecule has 5 nitrogen and oxygen atoms in total. The maximum absolute atomic E-state index is 7.09. The summed E-state index contributed by atoms with van der Waals surface area (Å²) in [7, 11) is 1.88. The molecular weight excluding hydrogens is 293 g/mol. The predicted molar refractivity (Wildman–Crippen MR) is 64.6 cm³/mol. The number of nitrogens with one attached hydrogen (secondary N) is 1. The summed E-state index contributed by atoms with van der Waals surface area (Å²) in [6.45, 7) is 0.663. The summed E-state index contributed by atoms with van der Waals surface area (Å²) in [5.41, 5.74) is 5.26. The molecule has 0 radical (unpaired) electrons. The molecule has 1 aromatic heterocycles. The molecule has 0 fully saturated rings. The molecule has 0 saturated heterocycles. The van der Waals surface area contributed by atoms with Crippen LogP contribution in [0.15, 0.2) is 12.4 Å². The van der Waals surface area contributed by atoms with Gasteiger partial charge < -0.3 is 10.6 Å². The Morgan fingerprint density at radius 1 is 1.57 bits per heavy atom. The monoisotopic (exact) mass is 305 g/mol. The van der Waals surface area contributed by atoms with Crippen molar-refractivity contribution >= 4 is 34.4 Å². The molecule has 0 amide bonds. The quantitative estimate of drug-likeness (QED) is 0.491. The standard InChI is InChI=1S/C8H12IN5/c1-14(3-2-7(10)11)8-12-4-6(9)5-13-8/h4-5H,2-3H2,1H3,(H3,10,11). The largest absolute Gasteiger partial charge is 0.388 e. The molecular formula is C8H12IN5. The zero-order valence-electron chi connectivity index (χ0n) is 7.87. The van der Waals surface area contributed by atoms with Gasteiger partial charge in [0.1, 0.15) is 0 Å². The number of hydrogen-bond donors (Lipinski definition) is 2. The summed E-state index contributed by atoms with van der Waals surface area (Å²) in [4.78, 5) is 10.2. The average molecular weight is 305 g/mol. The first-order valence-electron chi connectivity index (χ1n) is 4.11. The zero-order valence-corrected chi connectivity index (χ0v) is 10.0. The van der Waals surface area contributed by atoms with Crippen molar-refractivity contribution in [3.8, 4) is 0 Å². The minimum Gasteiger partial charge on any atom is -0.388 e. The molecule has 14 heavy (non-hydrogen) atoms. The Bertz CT molecular complexity index is 310. The van der Waals surface area contributed by atoms with Crippen molar-refractivity contribution in [3.05, 3.63) is 16.0 Å². The van der Waals surface area contributed by atoms with Gasteiger partial charge >= 0.3 is 0 Å². The predicted octanol–water partition coefficient (Wildman–Crippen LogP) is 0.843. The van der Waals surface area contributed by atoms with Crippen LogP contribution in [0.5, 0.6) is 0 Å². The van der Waals surface area contributed by atoms with E-state index in [-0.39, 0.29) is 5.84 Å². The first-order chi connectivity index (χ1) is 6.59. The molecule has 3 N–H and O–H groups in total. The number of halogens is 1. The van der Waals surface area contributed by atoms with Gasteiger partial charge in [0.15, 0.2) is 0 Å². The first kappa shape index (κ1) is 11.2. The van der Waals surface area contributed by atoms with E-state index < -0.39 is 0 Å². The van der Waals surface area contributed by atoms with Gasteiger partial charge in [0, 0.05) is 36.0 Å². The Morgan fingerprint density at radius 2 is 2.14 bits per heavy atom. The summed E-state index contributed by atoms with van der Waals surface area (Å²) in [6.07, 6.45) is 4.05. The Hall–Kier alpha value is -0.920. The van der Waals surface area contributed by atoms with Crippen LogP contribution in [0.25, 0.3) is 0 Å². The number of nitrogens with zero attached hydrogens (tertiary/aromatic N) is 3. The van der Waals surface area contributed by atoms with Crippen LogP contribution in [0.4, 0.5) is 5.95 Å². The van der Waals surface area contributed by atoms with Gasteiger partial charge in [-0.25, -0.2) is 9.97 Å². The number of anilines is 1. The molecule has 0 atom stereocenters.